The first-order chi connectivity index (χ1) is 18.3. The summed E-state index contributed by atoms with van der Waals surface area (Å²) in [4.78, 5) is 18.3. The summed E-state index contributed by atoms with van der Waals surface area (Å²) in [6, 6.07) is 6.04. The van der Waals surface area contributed by atoms with Gasteiger partial charge < -0.3 is 0 Å². The number of fused-ring (bicyclic) bond motifs is 2. The van der Waals surface area contributed by atoms with Crippen molar-refractivity contribution in [1.29, 1.82) is 0 Å². The molecule has 0 unspecified atom stereocenters. The minimum Gasteiger partial charge on any atom is -0.290 e. The Morgan fingerprint density at radius 2 is 2.11 bits per heavy atom. The number of H-pyrrole nitrogens is 1. The number of nitrogens with one attached hydrogen (secondary N) is 1. The molecule has 1 aromatic carbocycles. The second-order valence-electron chi connectivity index (χ2n) is 9.50. The first-order valence-corrected chi connectivity index (χ1v) is 14.6. The summed E-state index contributed by atoms with van der Waals surface area (Å²) in [5, 5.41) is 13.3. The molecule has 1 saturated heterocycles. The summed E-state index contributed by atoms with van der Waals surface area (Å²) in [7, 11) is -3.95. The Balaban J connectivity index is 1.41. The van der Waals surface area contributed by atoms with Crippen LogP contribution in [0.25, 0.3) is 11.8 Å². The zero-order chi connectivity index (χ0) is 26.5. The molecule has 0 bridgehead atoms. The minimum absolute atomic E-state index is 0.0264. The number of hydrogen-bond donors (Lipinski definition) is 1. The number of benzene rings is 1. The molecule has 0 radical (unpaired) electrons. The van der Waals surface area contributed by atoms with Gasteiger partial charge in [-0.1, -0.05) is 17.7 Å². The summed E-state index contributed by atoms with van der Waals surface area (Å²) < 4.78 is 45.5. The van der Waals surface area contributed by atoms with Gasteiger partial charge in [0.15, 0.2) is 11.2 Å². The number of rotatable bonds is 7. The highest BCUT2D eigenvalue weighted by molar-refractivity contribution is 7.89. The van der Waals surface area contributed by atoms with E-state index in [4.69, 9.17) is 0 Å². The molecule has 1 aliphatic carbocycles. The zero-order valence-corrected chi connectivity index (χ0v) is 22.2. The maximum absolute atomic E-state index is 14.0. The fourth-order valence-corrected chi connectivity index (χ4v) is 7.34. The van der Waals surface area contributed by atoms with Crippen LogP contribution in [-0.4, -0.2) is 56.7 Å². The number of hydrogen-bond acceptors (Lipinski definition) is 7. The van der Waals surface area contributed by atoms with Crippen molar-refractivity contribution in [3.63, 3.8) is 0 Å². The lowest BCUT2D eigenvalue weighted by molar-refractivity contribution is -0.754. The average molecular weight is 555 g/mol. The number of thiazole rings is 1. The van der Waals surface area contributed by atoms with Gasteiger partial charge in [0.25, 0.3) is 10.0 Å². The number of aryl methyl sites for hydroxylation is 1. The van der Waals surface area contributed by atoms with Crippen LogP contribution in [0, 0.1) is 11.2 Å². The molecule has 196 valence electrons. The van der Waals surface area contributed by atoms with E-state index in [1.807, 2.05) is 13.0 Å². The van der Waals surface area contributed by atoms with Gasteiger partial charge in [0, 0.05) is 24.7 Å². The molecule has 13 heteroatoms. The van der Waals surface area contributed by atoms with Gasteiger partial charge in [-0.3, -0.25) is 4.79 Å². The normalized spacial score (nSPS) is 19.6. The minimum atomic E-state index is -3.95. The van der Waals surface area contributed by atoms with E-state index in [1.165, 1.54) is 34.0 Å². The number of halogens is 1. The molecular weight excluding hydrogens is 529 g/mol. The number of carbonyl (C=O) groups is 1. The number of sulfonamides is 1. The van der Waals surface area contributed by atoms with Crippen LogP contribution >= 0.6 is 11.3 Å². The highest BCUT2D eigenvalue weighted by atomic mass is 32.2. The molecule has 4 aromatic rings. The lowest BCUT2D eigenvalue weighted by Crippen LogP contribution is -2.53. The lowest BCUT2D eigenvalue weighted by Gasteiger charge is -2.44. The predicted molar refractivity (Wildman–Crippen MR) is 137 cm³/mol. The van der Waals surface area contributed by atoms with Crippen LogP contribution in [0.2, 0.25) is 0 Å². The van der Waals surface area contributed by atoms with E-state index < -0.39 is 15.4 Å². The Kier molecular flexibility index (Phi) is 6.08. The Hall–Kier alpha value is -3.55. The van der Waals surface area contributed by atoms with Gasteiger partial charge in [0.2, 0.25) is 5.78 Å². The lowest BCUT2D eigenvalue weighted by atomic mass is 9.66. The molecule has 2 aliphatic rings. The van der Waals surface area contributed by atoms with E-state index in [0.29, 0.717) is 23.7 Å². The van der Waals surface area contributed by atoms with Crippen LogP contribution < -0.4 is 4.68 Å². The second-order valence-corrected chi connectivity index (χ2v) is 12.3. The average Bonchev–Trinajstić information content (AvgIpc) is 3.69. The summed E-state index contributed by atoms with van der Waals surface area (Å²) in [6.45, 7) is 2.79. The molecule has 0 amide bonds. The molecule has 0 spiro atoms. The maximum atomic E-state index is 14.0. The van der Waals surface area contributed by atoms with Gasteiger partial charge in [-0.15, -0.1) is 11.3 Å². The molecule has 4 heterocycles. The van der Waals surface area contributed by atoms with Crippen molar-refractivity contribution >= 4 is 33.2 Å². The second kappa shape index (κ2) is 9.33. The number of Topliss-reactive ketones (excluding diaryl/α,β-unsaturated/α-hetero) is 1. The third kappa shape index (κ3) is 4.01. The molecule has 1 aliphatic heterocycles. The summed E-state index contributed by atoms with van der Waals surface area (Å²) in [6.07, 6.45) is 8.16. The van der Waals surface area contributed by atoms with Gasteiger partial charge in [-0.2, -0.15) is 14.1 Å². The Morgan fingerprint density at radius 1 is 1.29 bits per heavy atom. The number of aromatic nitrogens is 6. The van der Waals surface area contributed by atoms with Gasteiger partial charge >= 0.3 is 5.03 Å². The smallest absolute Gasteiger partial charge is 0.290 e. The van der Waals surface area contributed by atoms with Gasteiger partial charge in [-0.05, 0) is 55.2 Å². The standard InChI is InChI=1S/C25H24FN7O3S2/c1-2-9-31-15-22(29-30-31)38(35,36)32-10-7-18-12-21-17(14-28-33(21)20-5-3-19(26)4-6-20)13-25(18,16-32)23(34)24-27-8-11-37-24/h3-6,8,11-12,14-15H,2,7,9-10,13,16H2,1H3/p+1/t25-/m0/s1. The Morgan fingerprint density at radius 3 is 2.84 bits per heavy atom. The van der Waals surface area contributed by atoms with Crippen LogP contribution in [0.3, 0.4) is 0 Å². The van der Waals surface area contributed by atoms with Crippen LogP contribution in [0.5, 0.6) is 0 Å². The van der Waals surface area contributed by atoms with Crippen molar-refractivity contribution in [3.05, 3.63) is 75.9 Å². The van der Waals surface area contributed by atoms with Gasteiger partial charge in [0.1, 0.15) is 12.4 Å². The summed E-state index contributed by atoms with van der Waals surface area (Å²) in [5.41, 5.74) is 2.02. The highest BCUT2D eigenvalue weighted by Crippen LogP contribution is 2.47. The first-order valence-electron chi connectivity index (χ1n) is 12.2. The SMILES string of the molecule is CCC[n+]1cc(S(=O)(=O)N2CCC3=Cc4c(cnn4-c4ccc(F)cc4)C[C@]3(C(=O)c3nccs3)C2)n[nH]1. The van der Waals surface area contributed by atoms with E-state index in [9.17, 15) is 17.6 Å². The molecular formula is C25H25FN7O3S2+. The van der Waals surface area contributed by atoms with Crippen molar-refractivity contribution in [2.75, 3.05) is 13.1 Å². The van der Waals surface area contributed by atoms with Crippen molar-refractivity contribution in [1.82, 2.24) is 29.4 Å². The third-order valence-electron chi connectivity index (χ3n) is 7.14. The molecule has 3 aromatic heterocycles. The summed E-state index contributed by atoms with van der Waals surface area (Å²) >= 11 is 1.24. The Labute approximate surface area is 222 Å². The van der Waals surface area contributed by atoms with Crippen LogP contribution in [0.15, 0.2) is 58.8 Å². The molecule has 1 atom stereocenters. The van der Waals surface area contributed by atoms with Crippen molar-refractivity contribution in [2.24, 2.45) is 5.41 Å². The van der Waals surface area contributed by atoms with Crippen molar-refractivity contribution < 1.29 is 22.3 Å². The number of ketones is 1. The van der Waals surface area contributed by atoms with Gasteiger partial charge in [-0.25, -0.2) is 22.5 Å². The third-order valence-corrected chi connectivity index (χ3v) is 9.63. The predicted octanol–water partition coefficient (Wildman–Crippen LogP) is 2.79. The van der Waals surface area contributed by atoms with E-state index >= 15 is 0 Å². The number of carbonyl (C=O) groups excluding carboxylic acids is 1. The molecule has 1 N–H and O–H groups in total. The molecule has 6 rings (SSSR count). The summed E-state index contributed by atoms with van der Waals surface area (Å²) in [5.74, 6) is -0.547. The fourth-order valence-electron chi connectivity index (χ4n) is 5.27. The molecule has 10 nitrogen and oxygen atoms in total. The topological polar surface area (TPSA) is 118 Å². The highest BCUT2D eigenvalue weighted by Gasteiger charge is 2.52. The monoisotopic (exact) mass is 554 g/mol. The van der Waals surface area contributed by atoms with Crippen LogP contribution in [0.1, 0.15) is 40.8 Å². The largest absolute Gasteiger partial charge is 0.346 e. The van der Waals surface area contributed by atoms with E-state index in [1.54, 1.807) is 39.3 Å². The van der Waals surface area contributed by atoms with E-state index in [2.05, 4.69) is 20.4 Å². The Bertz CT molecular complexity index is 1640. The van der Waals surface area contributed by atoms with Crippen molar-refractivity contribution in [2.45, 2.75) is 37.8 Å². The van der Waals surface area contributed by atoms with E-state index in [-0.39, 0.29) is 36.1 Å². The first kappa shape index (κ1) is 24.8. The number of piperidine rings is 1. The fraction of sp³-hybridized carbons (Fsp3) is 0.320. The maximum Gasteiger partial charge on any atom is 0.346 e. The molecule has 0 saturated carbocycles. The zero-order valence-electron chi connectivity index (χ0n) is 20.5. The van der Waals surface area contributed by atoms with Crippen LogP contribution in [0.4, 0.5) is 4.39 Å². The van der Waals surface area contributed by atoms with Gasteiger partial charge in [0.05, 0.1) is 28.1 Å². The quantitative estimate of drug-likeness (QED) is 0.277. The van der Waals surface area contributed by atoms with Crippen LogP contribution in [-0.2, 0) is 23.0 Å². The molecule has 1 fully saturated rings. The van der Waals surface area contributed by atoms with Crippen molar-refractivity contribution in [3.8, 4) is 5.69 Å². The number of nitrogens with zero attached hydrogens (tertiary/aromatic N) is 6. The molecule has 38 heavy (non-hydrogen) atoms. The number of aromatic amines is 1. The van der Waals surface area contributed by atoms with E-state index in [0.717, 1.165) is 23.3 Å².